The van der Waals surface area contributed by atoms with Crippen molar-refractivity contribution in [1.82, 2.24) is 9.88 Å². The Kier molecular flexibility index (Phi) is 5.86. The van der Waals surface area contributed by atoms with Crippen LogP contribution in [0.1, 0.15) is 32.8 Å². The van der Waals surface area contributed by atoms with Gasteiger partial charge in [-0.3, -0.25) is 4.90 Å². The largest absolute Gasteiger partial charge is 0.472 e. The fourth-order valence-electron chi connectivity index (χ4n) is 2.55. The Hall–Kier alpha value is -2.52. The summed E-state index contributed by atoms with van der Waals surface area (Å²) in [4.78, 5) is 29.1. The minimum atomic E-state index is -4.50. The van der Waals surface area contributed by atoms with Crippen molar-refractivity contribution in [3.05, 3.63) is 23.9 Å². The quantitative estimate of drug-likeness (QED) is 0.739. The Morgan fingerprint density at radius 2 is 1.89 bits per heavy atom. The van der Waals surface area contributed by atoms with Crippen molar-refractivity contribution in [2.45, 2.75) is 51.1 Å². The Morgan fingerprint density at radius 3 is 2.37 bits per heavy atom. The van der Waals surface area contributed by atoms with E-state index in [1.54, 1.807) is 20.8 Å². The molecule has 2 unspecified atom stereocenters. The van der Waals surface area contributed by atoms with Crippen LogP contribution in [-0.2, 0) is 20.4 Å². The van der Waals surface area contributed by atoms with E-state index in [0.29, 0.717) is 6.20 Å². The zero-order valence-electron chi connectivity index (χ0n) is 15.4. The maximum atomic E-state index is 12.6. The van der Waals surface area contributed by atoms with Gasteiger partial charge in [0.05, 0.1) is 19.2 Å². The Balaban J connectivity index is 2.10. The lowest BCUT2D eigenvalue weighted by Gasteiger charge is -2.27. The molecule has 0 spiro atoms. The number of aromatic nitrogens is 1. The maximum Gasteiger partial charge on any atom is 0.417 e. The number of hydrogen-bond donors (Lipinski definition) is 0. The van der Waals surface area contributed by atoms with Gasteiger partial charge in [0.1, 0.15) is 17.7 Å². The van der Waals surface area contributed by atoms with E-state index in [0.717, 1.165) is 12.1 Å². The smallest absolute Gasteiger partial charge is 0.417 e. The number of halogens is 3. The molecule has 1 aliphatic rings. The van der Waals surface area contributed by atoms with Crippen molar-refractivity contribution in [2.75, 3.05) is 13.7 Å². The van der Waals surface area contributed by atoms with Crippen LogP contribution < -0.4 is 4.74 Å². The molecule has 2 atom stereocenters. The lowest BCUT2D eigenvalue weighted by Crippen LogP contribution is -2.44. The molecule has 150 valence electrons. The number of ether oxygens (including phenoxy) is 3. The number of amides is 1. The van der Waals surface area contributed by atoms with Crippen molar-refractivity contribution >= 4 is 12.1 Å². The summed E-state index contributed by atoms with van der Waals surface area (Å²) < 4.78 is 53.3. The van der Waals surface area contributed by atoms with Crippen molar-refractivity contribution in [3.8, 4) is 5.88 Å². The molecule has 0 saturated carbocycles. The molecule has 0 radical (unpaired) electrons. The second kappa shape index (κ2) is 7.61. The molecule has 0 aromatic carbocycles. The average Bonchev–Trinajstić information content (AvgIpc) is 2.96. The number of nitrogens with zero attached hydrogens (tertiary/aromatic N) is 2. The Bertz CT molecular complexity index is 685. The number of alkyl halides is 3. The highest BCUT2D eigenvalue weighted by atomic mass is 19.4. The van der Waals surface area contributed by atoms with E-state index >= 15 is 0 Å². The first-order chi connectivity index (χ1) is 12.4. The number of pyridine rings is 1. The topological polar surface area (TPSA) is 78.0 Å². The molecule has 1 aromatic heterocycles. The molecule has 7 nitrogen and oxygen atoms in total. The van der Waals surface area contributed by atoms with Crippen LogP contribution in [0.2, 0.25) is 0 Å². The molecule has 2 heterocycles. The summed E-state index contributed by atoms with van der Waals surface area (Å²) >= 11 is 0. The summed E-state index contributed by atoms with van der Waals surface area (Å²) in [6, 6.07) is 1.02. The third kappa shape index (κ3) is 5.48. The van der Waals surface area contributed by atoms with Gasteiger partial charge < -0.3 is 14.2 Å². The molecule has 1 aromatic rings. The number of esters is 1. The zero-order chi connectivity index (χ0) is 20.4. The zero-order valence-corrected chi connectivity index (χ0v) is 15.4. The van der Waals surface area contributed by atoms with Gasteiger partial charge in [-0.25, -0.2) is 14.6 Å². The number of hydrogen-bond acceptors (Lipinski definition) is 6. The van der Waals surface area contributed by atoms with Gasteiger partial charge in [-0.15, -0.1) is 0 Å². The molecule has 0 N–H and O–H groups in total. The van der Waals surface area contributed by atoms with Gasteiger partial charge in [-0.05, 0) is 26.8 Å². The normalized spacial score (nSPS) is 20.3. The lowest BCUT2D eigenvalue weighted by molar-refractivity contribution is -0.145. The number of methoxy groups -OCH3 is 1. The van der Waals surface area contributed by atoms with Gasteiger partial charge in [0.2, 0.25) is 5.88 Å². The Morgan fingerprint density at radius 1 is 1.22 bits per heavy atom. The van der Waals surface area contributed by atoms with Crippen molar-refractivity contribution in [1.29, 1.82) is 0 Å². The monoisotopic (exact) mass is 390 g/mol. The van der Waals surface area contributed by atoms with E-state index in [4.69, 9.17) is 14.2 Å². The number of carbonyl (C=O) groups is 2. The highest BCUT2D eigenvalue weighted by Gasteiger charge is 2.43. The van der Waals surface area contributed by atoms with Crippen molar-refractivity contribution < 1.29 is 37.0 Å². The summed E-state index contributed by atoms with van der Waals surface area (Å²) in [6.07, 6.45) is -5.08. The average molecular weight is 390 g/mol. The minimum absolute atomic E-state index is 0.0113. The highest BCUT2D eigenvalue weighted by molar-refractivity contribution is 5.82. The molecule has 10 heteroatoms. The van der Waals surface area contributed by atoms with Crippen LogP contribution in [-0.4, -0.2) is 53.3 Å². The van der Waals surface area contributed by atoms with E-state index in [2.05, 4.69) is 4.98 Å². The third-order valence-electron chi connectivity index (χ3n) is 3.72. The SMILES string of the molecule is COC(=O)C1CC(Oc2ccc(C(F)(F)F)cn2)CN1C(=O)OC(C)(C)C. The molecule has 0 aliphatic carbocycles. The fraction of sp³-hybridized carbons (Fsp3) is 0.588. The number of likely N-dealkylation sites (tertiary alicyclic amines) is 1. The van der Waals surface area contributed by atoms with Gasteiger partial charge in [0.15, 0.2) is 0 Å². The molecule has 1 aliphatic heterocycles. The first kappa shape index (κ1) is 20.8. The van der Waals surface area contributed by atoms with Crippen LogP contribution in [0.4, 0.5) is 18.0 Å². The van der Waals surface area contributed by atoms with Crippen LogP contribution >= 0.6 is 0 Å². The van der Waals surface area contributed by atoms with E-state index < -0.39 is 41.5 Å². The van der Waals surface area contributed by atoms with Gasteiger partial charge >= 0.3 is 18.2 Å². The molecule has 2 rings (SSSR count). The highest BCUT2D eigenvalue weighted by Crippen LogP contribution is 2.30. The van der Waals surface area contributed by atoms with Crippen LogP contribution in [0, 0.1) is 0 Å². The molecule has 0 bridgehead atoms. The molecule has 1 fully saturated rings. The Labute approximate surface area is 154 Å². The first-order valence-corrected chi connectivity index (χ1v) is 8.18. The first-order valence-electron chi connectivity index (χ1n) is 8.18. The fourth-order valence-corrected chi connectivity index (χ4v) is 2.55. The molecule has 27 heavy (non-hydrogen) atoms. The van der Waals surface area contributed by atoms with Crippen molar-refractivity contribution in [2.24, 2.45) is 0 Å². The summed E-state index contributed by atoms with van der Waals surface area (Å²) in [5.41, 5.74) is -1.66. The third-order valence-corrected chi connectivity index (χ3v) is 3.72. The van der Waals surface area contributed by atoms with Gasteiger partial charge in [-0.2, -0.15) is 13.2 Å². The second-order valence-electron chi connectivity index (χ2n) is 7.03. The van der Waals surface area contributed by atoms with E-state index in [1.165, 1.54) is 12.0 Å². The summed E-state index contributed by atoms with van der Waals surface area (Å²) in [6.45, 7) is 5.08. The summed E-state index contributed by atoms with van der Waals surface area (Å²) in [5.74, 6) is -0.671. The van der Waals surface area contributed by atoms with Gasteiger partial charge in [0.25, 0.3) is 0 Å². The predicted octanol–water partition coefficient (Wildman–Crippen LogP) is 3.03. The molecule has 1 saturated heterocycles. The second-order valence-corrected chi connectivity index (χ2v) is 7.03. The molecular formula is C17H21F3N2O5. The predicted molar refractivity (Wildman–Crippen MR) is 87.0 cm³/mol. The van der Waals surface area contributed by atoms with Crippen molar-refractivity contribution in [3.63, 3.8) is 0 Å². The summed E-state index contributed by atoms with van der Waals surface area (Å²) in [5, 5.41) is 0. The molecular weight excluding hydrogens is 369 g/mol. The van der Waals surface area contributed by atoms with Crippen LogP contribution in [0.15, 0.2) is 18.3 Å². The van der Waals surface area contributed by atoms with Crippen LogP contribution in [0.25, 0.3) is 0 Å². The standard InChI is InChI=1S/C17H21F3N2O5/c1-16(2,3)27-15(24)22-9-11(7-12(22)14(23)25-4)26-13-6-5-10(8-21-13)17(18,19)20/h5-6,8,11-12H,7,9H2,1-4H3. The summed E-state index contributed by atoms with van der Waals surface area (Å²) in [7, 11) is 1.20. The van der Waals surface area contributed by atoms with Crippen LogP contribution in [0.5, 0.6) is 5.88 Å². The number of carbonyl (C=O) groups excluding carboxylic acids is 2. The van der Waals surface area contributed by atoms with Gasteiger partial charge in [0, 0.05) is 18.7 Å². The minimum Gasteiger partial charge on any atom is -0.472 e. The molecule has 1 amide bonds. The maximum absolute atomic E-state index is 12.6. The van der Waals surface area contributed by atoms with E-state index in [1.807, 2.05) is 0 Å². The lowest BCUT2D eigenvalue weighted by atomic mass is 10.2. The van der Waals surface area contributed by atoms with Gasteiger partial charge in [-0.1, -0.05) is 0 Å². The van der Waals surface area contributed by atoms with Crippen LogP contribution in [0.3, 0.4) is 0 Å². The number of rotatable bonds is 3. The van der Waals surface area contributed by atoms with E-state index in [-0.39, 0.29) is 18.8 Å². The van der Waals surface area contributed by atoms with E-state index in [9.17, 15) is 22.8 Å².